The van der Waals surface area contributed by atoms with Crippen molar-refractivity contribution in [2.45, 2.75) is 39.5 Å². The number of amides is 2. The highest BCUT2D eigenvalue weighted by atomic mass is 16.3. The van der Waals surface area contributed by atoms with E-state index in [2.05, 4.69) is 19.2 Å². The molecule has 21 heavy (non-hydrogen) atoms. The van der Waals surface area contributed by atoms with Crippen LogP contribution in [0.5, 0.6) is 5.75 Å². The van der Waals surface area contributed by atoms with E-state index < -0.39 is 11.8 Å². The Morgan fingerprint density at radius 1 is 1.14 bits per heavy atom. The Kier molecular flexibility index (Phi) is 7.29. The number of carbonyl (C=O) groups excluding carboxylic acids is 2. The summed E-state index contributed by atoms with van der Waals surface area (Å²) in [5.74, 6) is -1.12. The maximum absolute atomic E-state index is 12.2. The van der Waals surface area contributed by atoms with Crippen molar-refractivity contribution < 1.29 is 14.7 Å². The highest BCUT2D eigenvalue weighted by Crippen LogP contribution is 2.15. The molecule has 2 N–H and O–H groups in total. The second-order valence-electron chi connectivity index (χ2n) is 5.00. The fourth-order valence-corrected chi connectivity index (χ4v) is 1.92. The third-order valence-corrected chi connectivity index (χ3v) is 3.15. The summed E-state index contributed by atoms with van der Waals surface area (Å²) in [6, 6.07) is 6.16. The maximum atomic E-state index is 12.2. The van der Waals surface area contributed by atoms with Gasteiger partial charge in [0.2, 0.25) is 0 Å². The van der Waals surface area contributed by atoms with Gasteiger partial charge in [-0.2, -0.15) is 0 Å². The Bertz CT molecular complexity index is 466. The molecule has 0 radical (unpaired) electrons. The predicted octanol–water partition coefficient (Wildman–Crippen LogP) is 2.76. The van der Waals surface area contributed by atoms with Crippen LogP contribution in [0.1, 0.15) is 39.5 Å². The first-order valence-corrected chi connectivity index (χ1v) is 7.47. The van der Waals surface area contributed by atoms with Crippen LogP contribution in [0.15, 0.2) is 24.3 Å². The fraction of sp³-hybridized carbons (Fsp3) is 0.500. The molecule has 0 spiro atoms. The standard InChI is InChI=1S/C16H24N2O3/c1-3-5-10-18(11-6-4-2)16(21)15(20)17-13-8-7-9-14(19)12-13/h7-9,12,19H,3-6,10-11H2,1-2H3,(H,17,20). The Balaban J connectivity index is 2.65. The van der Waals surface area contributed by atoms with Crippen LogP contribution in [-0.2, 0) is 9.59 Å². The van der Waals surface area contributed by atoms with E-state index in [1.807, 2.05) is 0 Å². The van der Waals surface area contributed by atoms with Crippen molar-refractivity contribution in [1.82, 2.24) is 4.90 Å². The first-order valence-electron chi connectivity index (χ1n) is 7.47. The van der Waals surface area contributed by atoms with Crippen molar-refractivity contribution in [3.05, 3.63) is 24.3 Å². The number of carbonyl (C=O) groups is 2. The Hall–Kier alpha value is -2.04. The van der Waals surface area contributed by atoms with Crippen molar-refractivity contribution in [3.8, 4) is 5.75 Å². The van der Waals surface area contributed by atoms with Gasteiger partial charge in [-0.3, -0.25) is 9.59 Å². The number of phenols is 1. The van der Waals surface area contributed by atoms with E-state index in [4.69, 9.17) is 0 Å². The largest absolute Gasteiger partial charge is 0.508 e. The predicted molar refractivity (Wildman–Crippen MR) is 83.1 cm³/mol. The molecule has 0 unspecified atom stereocenters. The Labute approximate surface area is 126 Å². The zero-order chi connectivity index (χ0) is 15.7. The molecule has 0 aliphatic carbocycles. The van der Waals surface area contributed by atoms with Gasteiger partial charge in [0.05, 0.1) is 0 Å². The number of benzene rings is 1. The topological polar surface area (TPSA) is 69.6 Å². The van der Waals surface area contributed by atoms with Crippen LogP contribution < -0.4 is 5.32 Å². The number of nitrogens with one attached hydrogen (secondary N) is 1. The molecule has 0 saturated carbocycles. The van der Waals surface area contributed by atoms with Gasteiger partial charge in [-0.25, -0.2) is 0 Å². The van der Waals surface area contributed by atoms with Gasteiger partial charge >= 0.3 is 11.8 Å². The second kappa shape index (κ2) is 9.00. The first kappa shape index (κ1) is 17.0. The summed E-state index contributed by atoms with van der Waals surface area (Å²) in [5, 5.41) is 11.9. The molecule has 1 aromatic carbocycles. The molecule has 0 heterocycles. The van der Waals surface area contributed by atoms with Crippen LogP contribution in [0.3, 0.4) is 0 Å². The summed E-state index contributed by atoms with van der Waals surface area (Å²) in [6.07, 6.45) is 3.72. The molecule has 0 aromatic heterocycles. The summed E-state index contributed by atoms with van der Waals surface area (Å²) in [7, 11) is 0. The average Bonchev–Trinajstić information content (AvgIpc) is 2.47. The quantitative estimate of drug-likeness (QED) is 0.759. The fourth-order valence-electron chi connectivity index (χ4n) is 1.92. The number of nitrogens with zero attached hydrogens (tertiary/aromatic N) is 1. The third-order valence-electron chi connectivity index (χ3n) is 3.15. The molecule has 0 aliphatic heterocycles. The zero-order valence-electron chi connectivity index (χ0n) is 12.8. The van der Waals surface area contributed by atoms with Gasteiger partial charge in [-0.1, -0.05) is 32.8 Å². The summed E-state index contributed by atoms with van der Waals surface area (Å²) < 4.78 is 0. The van der Waals surface area contributed by atoms with E-state index in [1.165, 1.54) is 12.1 Å². The molecule has 0 atom stereocenters. The van der Waals surface area contributed by atoms with Gasteiger partial charge in [-0.15, -0.1) is 0 Å². The van der Waals surface area contributed by atoms with E-state index in [9.17, 15) is 14.7 Å². The summed E-state index contributed by atoms with van der Waals surface area (Å²) in [4.78, 5) is 25.8. The van der Waals surface area contributed by atoms with E-state index in [-0.39, 0.29) is 5.75 Å². The van der Waals surface area contributed by atoms with Crippen molar-refractivity contribution >= 4 is 17.5 Å². The zero-order valence-corrected chi connectivity index (χ0v) is 12.8. The third kappa shape index (κ3) is 5.85. The van der Waals surface area contributed by atoms with E-state index in [0.29, 0.717) is 18.8 Å². The molecule has 1 rings (SSSR count). The smallest absolute Gasteiger partial charge is 0.313 e. The number of anilines is 1. The highest BCUT2D eigenvalue weighted by molar-refractivity contribution is 6.39. The number of hydrogen-bond acceptors (Lipinski definition) is 3. The number of hydrogen-bond donors (Lipinski definition) is 2. The molecule has 0 bridgehead atoms. The number of rotatable bonds is 7. The van der Waals surface area contributed by atoms with Crippen molar-refractivity contribution in [2.75, 3.05) is 18.4 Å². The number of aromatic hydroxyl groups is 1. The lowest BCUT2D eigenvalue weighted by Crippen LogP contribution is -2.40. The molecule has 2 amide bonds. The molecule has 0 fully saturated rings. The lowest BCUT2D eigenvalue weighted by atomic mass is 10.2. The molecule has 116 valence electrons. The lowest BCUT2D eigenvalue weighted by molar-refractivity contribution is -0.143. The van der Waals surface area contributed by atoms with Crippen LogP contribution in [0.4, 0.5) is 5.69 Å². The highest BCUT2D eigenvalue weighted by Gasteiger charge is 2.21. The number of phenolic OH excluding ortho intramolecular Hbond substituents is 1. The number of unbranched alkanes of at least 4 members (excludes halogenated alkanes) is 2. The van der Waals surface area contributed by atoms with Gasteiger partial charge in [0.1, 0.15) is 5.75 Å². The molecule has 1 aromatic rings. The van der Waals surface area contributed by atoms with Crippen LogP contribution in [0, 0.1) is 0 Å². The monoisotopic (exact) mass is 292 g/mol. The van der Waals surface area contributed by atoms with Crippen molar-refractivity contribution in [1.29, 1.82) is 0 Å². The van der Waals surface area contributed by atoms with Crippen LogP contribution in [-0.4, -0.2) is 34.9 Å². The Morgan fingerprint density at radius 2 is 1.76 bits per heavy atom. The molecule has 0 saturated heterocycles. The van der Waals surface area contributed by atoms with E-state index in [0.717, 1.165) is 25.7 Å². The van der Waals surface area contributed by atoms with E-state index >= 15 is 0 Å². The lowest BCUT2D eigenvalue weighted by Gasteiger charge is -2.21. The molecular formula is C16H24N2O3. The van der Waals surface area contributed by atoms with Crippen LogP contribution >= 0.6 is 0 Å². The molecule has 0 aliphatic rings. The van der Waals surface area contributed by atoms with Gasteiger partial charge < -0.3 is 15.3 Å². The minimum absolute atomic E-state index is 0.0501. The SMILES string of the molecule is CCCCN(CCCC)C(=O)C(=O)Nc1cccc(O)c1. The van der Waals surface area contributed by atoms with E-state index in [1.54, 1.807) is 17.0 Å². The Morgan fingerprint density at radius 3 is 2.29 bits per heavy atom. The van der Waals surface area contributed by atoms with Crippen LogP contribution in [0.25, 0.3) is 0 Å². The maximum Gasteiger partial charge on any atom is 0.313 e. The van der Waals surface area contributed by atoms with Gasteiger partial charge in [-0.05, 0) is 25.0 Å². The molecule has 5 nitrogen and oxygen atoms in total. The first-order chi connectivity index (χ1) is 10.1. The van der Waals surface area contributed by atoms with Gasteiger partial charge in [0.15, 0.2) is 0 Å². The second-order valence-corrected chi connectivity index (χ2v) is 5.00. The summed E-state index contributed by atoms with van der Waals surface area (Å²) in [6.45, 7) is 5.30. The van der Waals surface area contributed by atoms with Crippen molar-refractivity contribution in [2.24, 2.45) is 0 Å². The van der Waals surface area contributed by atoms with Crippen LogP contribution in [0.2, 0.25) is 0 Å². The average molecular weight is 292 g/mol. The minimum atomic E-state index is -0.659. The van der Waals surface area contributed by atoms with Gasteiger partial charge in [0, 0.05) is 24.8 Å². The van der Waals surface area contributed by atoms with Gasteiger partial charge in [0.25, 0.3) is 0 Å². The normalized spacial score (nSPS) is 10.2. The minimum Gasteiger partial charge on any atom is -0.508 e. The van der Waals surface area contributed by atoms with Crippen molar-refractivity contribution in [3.63, 3.8) is 0 Å². The summed E-state index contributed by atoms with van der Waals surface area (Å²) in [5.41, 5.74) is 0.416. The molecular weight excluding hydrogens is 268 g/mol. The molecule has 5 heteroatoms. The summed E-state index contributed by atoms with van der Waals surface area (Å²) >= 11 is 0.